The minimum Gasteiger partial charge on any atom is -0.393 e. The Morgan fingerprint density at radius 2 is 2.25 bits per heavy atom. The van der Waals surface area contributed by atoms with E-state index in [0.29, 0.717) is 4.99 Å². The largest absolute Gasteiger partial charge is 0.393 e. The van der Waals surface area contributed by atoms with Gasteiger partial charge in [-0.1, -0.05) is 19.1 Å². The van der Waals surface area contributed by atoms with Crippen molar-refractivity contribution in [3.63, 3.8) is 0 Å². The molecule has 0 spiro atoms. The molecule has 1 aliphatic rings. The Kier molecular flexibility index (Phi) is 3.62. The Hall–Kier alpha value is -0.450. The van der Waals surface area contributed by atoms with Crippen LogP contribution in [0.4, 0.5) is 0 Å². The minimum absolute atomic E-state index is 0.0838. The van der Waals surface area contributed by atoms with Crippen molar-refractivity contribution in [3.05, 3.63) is 22.4 Å². The number of thiocarbonyl (C=S) groups is 1. The van der Waals surface area contributed by atoms with Gasteiger partial charge in [-0.3, -0.25) is 4.90 Å². The Balaban J connectivity index is 1.88. The van der Waals surface area contributed by atoms with Gasteiger partial charge < -0.3 is 5.73 Å². The van der Waals surface area contributed by atoms with Gasteiger partial charge in [0.25, 0.3) is 0 Å². The summed E-state index contributed by atoms with van der Waals surface area (Å²) in [7, 11) is 0. The molecule has 2 heterocycles. The Morgan fingerprint density at radius 1 is 1.56 bits per heavy atom. The number of likely N-dealkylation sites (tertiary alicyclic amines) is 1. The van der Waals surface area contributed by atoms with Gasteiger partial charge in [0.05, 0.1) is 4.99 Å². The molecule has 88 valence electrons. The molecule has 1 fully saturated rings. The number of hydrogen-bond acceptors (Lipinski definition) is 3. The van der Waals surface area contributed by atoms with Crippen LogP contribution >= 0.6 is 23.6 Å². The van der Waals surface area contributed by atoms with Gasteiger partial charge in [0, 0.05) is 12.0 Å². The molecule has 1 aromatic heterocycles. The first kappa shape index (κ1) is 12.0. The molecule has 0 aliphatic carbocycles. The minimum atomic E-state index is 0.0838. The second kappa shape index (κ2) is 4.82. The van der Waals surface area contributed by atoms with Crippen LogP contribution in [0.3, 0.4) is 0 Å². The van der Waals surface area contributed by atoms with E-state index in [1.54, 1.807) is 11.3 Å². The van der Waals surface area contributed by atoms with Gasteiger partial charge in [-0.25, -0.2) is 0 Å². The lowest BCUT2D eigenvalue weighted by molar-refractivity contribution is 0.158. The maximum absolute atomic E-state index is 5.80. The molecule has 0 unspecified atom stereocenters. The zero-order valence-electron chi connectivity index (χ0n) is 9.61. The summed E-state index contributed by atoms with van der Waals surface area (Å²) in [6, 6.07) is 2.20. The monoisotopic (exact) mass is 254 g/mol. The van der Waals surface area contributed by atoms with Gasteiger partial charge in [0.2, 0.25) is 0 Å². The zero-order chi connectivity index (χ0) is 11.6. The molecule has 0 saturated carbocycles. The van der Waals surface area contributed by atoms with Crippen LogP contribution in [-0.2, 0) is 6.54 Å². The van der Waals surface area contributed by atoms with Crippen molar-refractivity contribution >= 4 is 28.5 Å². The molecule has 2 nitrogen and oxygen atoms in total. The summed E-state index contributed by atoms with van der Waals surface area (Å²) in [6.07, 6.45) is 2.18. The van der Waals surface area contributed by atoms with E-state index in [-0.39, 0.29) is 5.41 Å². The summed E-state index contributed by atoms with van der Waals surface area (Å²) in [5.74, 6) is 0. The van der Waals surface area contributed by atoms with Gasteiger partial charge in [0.1, 0.15) is 0 Å². The first-order valence-electron chi connectivity index (χ1n) is 5.63. The van der Waals surface area contributed by atoms with Crippen molar-refractivity contribution in [1.82, 2.24) is 4.90 Å². The van der Waals surface area contributed by atoms with Crippen LogP contribution in [0.5, 0.6) is 0 Å². The van der Waals surface area contributed by atoms with Crippen molar-refractivity contribution < 1.29 is 0 Å². The van der Waals surface area contributed by atoms with Crippen LogP contribution in [0.2, 0.25) is 0 Å². The average Bonchev–Trinajstić information content (AvgIpc) is 2.74. The zero-order valence-corrected chi connectivity index (χ0v) is 11.2. The molecule has 1 aliphatic heterocycles. The maximum Gasteiger partial charge on any atom is 0.0788 e. The quantitative estimate of drug-likeness (QED) is 0.841. The molecule has 16 heavy (non-hydrogen) atoms. The predicted octanol–water partition coefficient (Wildman–Crippen LogP) is 2.64. The van der Waals surface area contributed by atoms with Gasteiger partial charge in [-0.2, -0.15) is 11.3 Å². The lowest BCUT2D eigenvalue weighted by Crippen LogP contribution is -2.44. The molecule has 0 amide bonds. The Bertz CT molecular complexity index is 351. The molecule has 0 atom stereocenters. The molecule has 0 radical (unpaired) electrons. The fraction of sp³-hybridized carbons (Fsp3) is 0.583. The first-order valence-corrected chi connectivity index (χ1v) is 6.99. The van der Waals surface area contributed by atoms with Crippen LogP contribution in [-0.4, -0.2) is 23.0 Å². The van der Waals surface area contributed by atoms with Crippen molar-refractivity contribution in [1.29, 1.82) is 0 Å². The SMILES string of the molecule is CC1(C(N)=S)CCN(Cc2ccsc2)CC1. The fourth-order valence-corrected chi connectivity index (χ4v) is 2.96. The summed E-state index contributed by atoms with van der Waals surface area (Å²) in [5.41, 5.74) is 7.30. The number of thiophene rings is 1. The van der Waals surface area contributed by atoms with Crippen LogP contribution in [0, 0.1) is 5.41 Å². The number of nitrogens with two attached hydrogens (primary N) is 1. The normalized spacial score (nSPS) is 20.8. The summed E-state index contributed by atoms with van der Waals surface area (Å²) in [6.45, 7) is 5.46. The van der Waals surface area contributed by atoms with E-state index in [2.05, 4.69) is 28.7 Å². The van der Waals surface area contributed by atoms with Crippen molar-refractivity contribution in [3.8, 4) is 0 Å². The predicted molar refractivity (Wildman–Crippen MR) is 73.7 cm³/mol. The Morgan fingerprint density at radius 3 is 2.75 bits per heavy atom. The fourth-order valence-electron chi connectivity index (χ4n) is 2.09. The molecule has 1 aromatic rings. The smallest absolute Gasteiger partial charge is 0.0788 e. The summed E-state index contributed by atoms with van der Waals surface area (Å²) < 4.78 is 0. The van der Waals surface area contributed by atoms with Crippen molar-refractivity contribution in [2.45, 2.75) is 26.3 Å². The number of piperidine rings is 1. The number of hydrogen-bond donors (Lipinski definition) is 1. The van der Waals surface area contributed by atoms with E-state index in [1.807, 2.05) is 0 Å². The van der Waals surface area contributed by atoms with Crippen molar-refractivity contribution in [2.24, 2.45) is 11.1 Å². The van der Waals surface area contributed by atoms with Crippen molar-refractivity contribution in [2.75, 3.05) is 13.1 Å². The molecular formula is C12H18N2S2. The topological polar surface area (TPSA) is 29.3 Å². The molecular weight excluding hydrogens is 236 g/mol. The summed E-state index contributed by atoms with van der Waals surface area (Å²) >= 11 is 6.91. The van der Waals surface area contributed by atoms with E-state index in [9.17, 15) is 0 Å². The second-order valence-electron chi connectivity index (χ2n) is 4.83. The summed E-state index contributed by atoms with van der Waals surface area (Å²) in [5, 5.41) is 4.36. The third kappa shape index (κ3) is 2.62. The highest BCUT2D eigenvalue weighted by Gasteiger charge is 2.32. The second-order valence-corrected chi connectivity index (χ2v) is 6.05. The highest BCUT2D eigenvalue weighted by atomic mass is 32.1. The maximum atomic E-state index is 5.80. The molecule has 0 bridgehead atoms. The van der Waals surface area contributed by atoms with Crippen LogP contribution in [0.1, 0.15) is 25.3 Å². The number of rotatable bonds is 3. The third-order valence-electron chi connectivity index (χ3n) is 3.54. The molecule has 2 rings (SSSR count). The van der Waals surface area contributed by atoms with E-state index < -0.39 is 0 Å². The van der Waals surface area contributed by atoms with Gasteiger partial charge in [-0.05, 0) is 48.3 Å². The molecule has 0 aromatic carbocycles. The lowest BCUT2D eigenvalue weighted by Gasteiger charge is -2.38. The van der Waals surface area contributed by atoms with Gasteiger partial charge in [-0.15, -0.1) is 0 Å². The standard InChI is InChI=1S/C12H18N2S2/c1-12(11(13)15)3-5-14(6-4-12)8-10-2-7-16-9-10/h2,7,9H,3-6,8H2,1H3,(H2,13,15). The number of nitrogens with zero attached hydrogens (tertiary/aromatic N) is 1. The average molecular weight is 254 g/mol. The van der Waals surface area contributed by atoms with E-state index >= 15 is 0 Å². The van der Waals surface area contributed by atoms with Crippen LogP contribution in [0.25, 0.3) is 0 Å². The van der Waals surface area contributed by atoms with E-state index in [4.69, 9.17) is 18.0 Å². The van der Waals surface area contributed by atoms with E-state index in [1.165, 1.54) is 5.56 Å². The lowest BCUT2D eigenvalue weighted by atomic mass is 9.80. The van der Waals surface area contributed by atoms with Gasteiger partial charge in [0.15, 0.2) is 0 Å². The van der Waals surface area contributed by atoms with Crippen LogP contribution < -0.4 is 5.73 Å². The molecule has 1 saturated heterocycles. The first-order chi connectivity index (χ1) is 7.60. The summed E-state index contributed by atoms with van der Waals surface area (Å²) in [4.78, 5) is 3.17. The molecule has 4 heteroatoms. The third-order valence-corrected chi connectivity index (χ3v) is 4.77. The van der Waals surface area contributed by atoms with E-state index in [0.717, 1.165) is 32.5 Å². The molecule has 2 N–H and O–H groups in total. The Labute approximate surface area is 106 Å². The highest BCUT2D eigenvalue weighted by Crippen LogP contribution is 2.31. The van der Waals surface area contributed by atoms with Gasteiger partial charge >= 0.3 is 0 Å². The highest BCUT2D eigenvalue weighted by molar-refractivity contribution is 7.80. The van der Waals surface area contributed by atoms with Crippen LogP contribution in [0.15, 0.2) is 16.8 Å².